The first-order valence-corrected chi connectivity index (χ1v) is 10.5. The molecule has 0 atom stereocenters. The lowest BCUT2D eigenvalue weighted by molar-refractivity contribution is 0.102. The first kappa shape index (κ1) is 19.5. The smallest absolute Gasteiger partial charge is 0.227 e. The molecule has 3 aromatic rings. The maximum Gasteiger partial charge on any atom is 0.227 e. The van der Waals surface area contributed by atoms with E-state index in [0.29, 0.717) is 36.9 Å². The molecule has 1 aliphatic rings. The fourth-order valence-electron chi connectivity index (χ4n) is 3.50. The number of aryl methyl sites for hydroxylation is 1. The van der Waals surface area contributed by atoms with Gasteiger partial charge in [0, 0.05) is 49.3 Å². The van der Waals surface area contributed by atoms with Crippen LogP contribution in [0.4, 0.5) is 5.95 Å². The quantitative estimate of drug-likeness (QED) is 0.437. The number of benzene rings is 1. The number of nitriles is 1. The SMILES string of the molecule is Cn1c(SCC(=O)c2cn(CCC#N)c3ccccc23)nnc1N1CCOCC1. The fourth-order valence-corrected chi connectivity index (χ4v) is 4.29. The van der Waals surface area contributed by atoms with Gasteiger partial charge in [0.25, 0.3) is 0 Å². The third kappa shape index (κ3) is 3.99. The molecule has 3 heterocycles. The minimum atomic E-state index is 0.0397. The summed E-state index contributed by atoms with van der Waals surface area (Å²) in [5.74, 6) is 1.12. The summed E-state index contributed by atoms with van der Waals surface area (Å²) in [6, 6.07) is 9.97. The van der Waals surface area contributed by atoms with Crippen molar-refractivity contribution in [2.75, 3.05) is 37.0 Å². The number of carbonyl (C=O) groups excluding carboxylic acids is 1. The highest BCUT2D eigenvalue weighted by Crippen LogP contribution is 2.26. The maximum atomic E-state index is 13.0. The Morgan fingerprint density at radius 1 is 1.28 bits per heavy atom. The number of Topliss-reactive ketones (excluding diaryl/α,β-unsaturated/α-hetero) is 1. The van der Waals surface area contributed by atoms with Gasteiger partial charge in [-0.15, -0.1) is 10.2 Å². The van der Waals surface area contributed by atoms with Crippen LogP contribution in [0.2, 0.25) is 0 Å². The molecule has 0 N–H and O–H groups in total. The van der Waals surface area contributed by atoms with E-state index in [1.807, 2.05) is 46.6 Å². The molecule has 4 rings (SSSR count). The van der Waals surface area contributed by atoms with Gasteiger partial charge in [-0.3, -0.25) is 9.36 Å². The number of aromatic nitrogens is 4. The van der Waals surface area contributed by atoms with Gasteiger partial charge >= 0.3 is 0 Å². The Morgan fingerprint density at radius 2 is 2.07 bits per heavy atom. The van der Waals surface area contributed by atoms with Crippen molar-refractivity contribution in [2.45, 2.75) is 18.1 Å². The Hall–Kier alpha value is -2.83. The van der Waals surface area contributed by atoms with E-state index in [4.69, 9.17) is 10.00 Å². The normalized spacial score (nSPS) is 14.3. The number of ketones is 1. The number of ether oxygens (including phenoxy) is 1. The van der Waals surface area contributed by atoms with Gasteiger partial charge in [-0.05, 0) is 6.07 Å². The molecular weight excluding hydrogens is 388 g/mol. The first-order valence-electron chi connectivity index (χ1n) is 9.52. The lowest BCUT2D eigenvalue weighted by Gasteiger charge is -2.27. The minimum Gasteiger partial charge on any atom is -0.378 e. The molecule has 1 aromatic carbocycles. The van der Waals surface area contributed by atoms with Crippen molar-refractivity contribution >= 4 is 34.4 Å². The number of hydrogen-bond acceptors (Lipinski definition) is 7. The number of carbonyl (C=O) groups is 1. The number of para-hydroxylation sites is 1. The molecular formula is C20H22N6O2S. The molecule has 0 unspecified atom stereocenters. The maximum absolute atomic E-state index is 13.0. The zero-order valence-electron chi connectivity index (χ0n) is 16.2. The zero-order chi connectivity index (χ0) is 20.2. The van der Waals surface area contributed by atoms with Gasteiger partial charge in [-0.2, -0.15) is 5.26 Å². The fraction of sp³-hybridized carbons (Fsp3) is 0.400. The number of morpholine rings is 1. The van der Waals surface area contributed by atoms with Crippen LogP contribution in [0.5, 0.6) is 0 Å². The molecule has 1 fully saturated rings. The number of thioether (sulfide) groups is 1. The lowest BCUT2D eigenvalue weighted by atomic mass is 10.1. The summed E-state index contributed by atoms with van der Waals surface area (Å²) < 4.78 is 9.30. The Balaban J connectivity index is 1.49. The molecule has 0 radical (unpaired) electrons. The van der Waals surface area contributed by atoms with Gasteiger partial charge in [0.15, 0.2) is 10.9 Å². The van der Waals surface area contributed by atoms with Gasteiger partial charge in [0.2, 0.25) is 5.95 Å². The predicted octanol–water partition coefficient (Wildman–Crippen LogP) is 2.50. The molecule has 9 heteroatoms. The van der Waals surface area contributed by atoms with Crippen molar-refractivity contribution in [3.8, 4) is 6.07 Å². The standard InChI is InChI=1S/C20H22N6O2S/c1-24-19(25-9-11-28-12-10-25)22-23-20(24)29-14-18(27)16-13-26(8-4-7-21)17-6-3-2-5-15(16)17/h2-3,5-6,13H,4,8-12,14H2,1H3. The molecule has 29 heavy (non-hydrogen) atoms. The number of fused-ring (bicyclic) bond motifs is 1. The van der Waals surface area contributed by atoms with E-state index in [1.54, 1.807) is 0 Å². The Morgan fingerprint density at radius 3 is 2.86 bits per heavy atom. The molecule has 0 saturated carbocycles. The monoisotopic (exact) mass is 410 g/mol. The van der Waals surface area contributed by atoms with Crippen LogP contribution in [0.15, 0.2) is 35.6 Å². The summed E-state index contributed by atoms with van der Waals surface area (Å²) in [6.07, 6.45) is 2.27. The van der Waals surface area contributed by atoms with E-state index in [1.165, 1.54) is 11.8 Å². The van der Waals surface area contributed by atoms with Gasteiger partial charge in [-0.25, -0.2) is 0 Å². The van der Waals surface area contributed by atoms with Crippen LogP contribution < -0.4 is 4.90 Å². The van der Waals surface area contributed by atoms with E-state index in [-0.39, 0.29) is 11.5 Å². The average molecular weight is 411 g/mol. The van der Waals surface area contributed by atoms with E-state index < -0.39 is 0 Å². The number of nitrogens with zero attached hydrogens (tertiary/aromatic N) is 6. The summed E-state index contributed by atoms with van der Waals surface area (Å²) >= 11 is 1.39. The largest absolute Gasteiger partial charge is 0.378 e. The van der Waals surface area contributed by atoms with E-state index in [9.17, 15) is 4.79 Å². The van der Waals surface area contributed by atoms with Crippen LogP contribution in [-0.2, 0) is 18.3 Å². The molecule has 0 spiro atoms. The van der Waals surface area contributed by atoms with Crippen LogP contribution in [0, 0.1) is 11.3 Å². The Kier molecular flexibility index (Phi) is 5.83. The molecule has 2 aromatic heterocycles. The predicted molar refractivity (Wildman–Crippen MR) is 111 cm³/mol. The van der Waals surface area contributed by atoms with Crippen molar-refractivity contribution in [2.24, 2.45) is 7.05 Å². The molecule has 1 saturated heterocycles. The Labute approximate surface area is 173 Å². The Bertz CT molecular complexity index is 1060. The molecule has 0 aliphatic carbocycles. The highest BCUT2D eigenvalue weighted by atomic mass is 32.2. The summed E-state index contributed by atoms with van der Waals surface area (Å²) in [4.78, 5) is 15.1. The van der Waals surface area contributed by atoms with Crippen molar-refractivity contribution in [3.63, 3.8) is 0 Å². The lowest BCUT2D eigenvalue weighted by Crippen LogP contribution is -2.37. The number of hydrogen-bond donors (Lipinski definition) is 0. The second kappa shape index (κ2) is 8.68. The average Bonchev–Trinajstić information content (AvgIpc) is 3.32. The van der Waals surface area contributed by atoms with Crippen LogP contribution >= 0.6 is 11.8 Å². The summed E-state index contributed by atoms with van der Waals surface area (Å²) in [5.41, 5.74) is 1.66. The van der Waals surface area contributed by atoms with Crippen LogP contribution in [0.25, 0.3) is 10.9 Å². The molecule has 8 nitrogen and oxygen atoms in total. The van der Waals surface area contributed by atoms with E-state index in [0.717, 1.165) is 29.9 Å². The summed E-state index contributed by atoms with van der Waals surface area (Å²) in [6.45, 7) is 3.52. The van der Waals surface area contributed by atoms with Crippen molar-refractivity contribution in [3.05, 3.63) is 36.0 Å². The summed E-state index contributed by atoms with van der Waals surface area (Å²) in [7, 11) is 1.92. The van der Waals surface area contributed by atoms with Gasteiger partial charge in [0.05, 0.1) is 31.5 Å². The first-order chi connectivity index (χ1) is 14.2. The molecule has 150 valence electrons. The van der Waals surface area contributed by atoms with Gasteiger partial charge < -0.3 is 14.2 Å². The van der Waals surface area contributed by atoms with Crippen molar-refractivity contribution in [1.29, 1.82) is 5.26 Å². The molecule has 1 aliphatic heterocycles. The summed E-state index contributed by atoms with van der Waals surface area (Å²) in [5, 5.41) is 19.1. The van der Waals surface area contributed by atoms with Gasteiger partial charge in [0.1, 0.15) is 0 Å². The van der Waals surface area contributed by atoms with Crippen LogP contribution in [0.1, 0.15) is 16.8 Å². The number of anilines is 1. The van der Waals surface area contributed by atoms with E-state index >= 15 is 0 Å². The molecule has 0 bridgehead atoms. The highest BCUT2D eigenvalue weighted by Gasteiger charge is 2.20. The van der Waals surface area contributed by atoms with Crippen molar-refractivity contribution < 1.29 is 9.53 Å². The topological polar surface area (TPSA) is 89.0 Å². The third-order valence-electron chi connectivity index (χ3n) is 4.99. The van der Waals surface area contributed by atoms with Crippen LogP contribution in [0.3, 0.4) is 0 Å². The number of rotatable bonds is 7. The highest BCUT2D eigenvalue weighted by molar-refractivity contribution is 7.99. The minimum absolute atomic E-state index is 0.0397. The van der Waals surface area contributed by atoms with Crippen molar-refractivity contribution in [1.82, 2.24) is 19.3 Å². The van der Waals surface area contributed by atoms with E-state index in [2.05, 4.69) is 21.2 Å². The van der Waals surface area contributed by atoms with Crippen LogP contribution in [-0.4, -0.2) is 57.2 Å². The molecule has 0 amide bonds. The zero-order valence-corrected chi connectivity index (χ0v) is 17.1. The third-order valence-corrected chi connectivity index (χ3v) is 6.01. The second-order valence-electron chi connectivity index (χ2n) is 6.81. The van der Waals surface area contributed by atoms with Gasteiger partial charge in [-0.1, -0.05) is 30.0 Å². The second-order valence-corrected chi connectivity index (χ2v) is 7.76.